The Hall–Kier alpha value is -1.88. The molecule has 82 valence electrons. The van der Waals surface area contributed by atoms with Gasteiger partial charge in [-0.2, -0.15) is 0 Å². The number of nitrogens with one attached hydrogen (secondary N) is 1. The zero-order chi connectivity index (χ0) is 11.5. The predicted octanol–water partition coefficient (Wildman–Crippen LogP) is 2.28. The van der Waals surface area contributed by atoms with Gasteiger partial charge >= 0.3 is 0 Å². The molecule has 0 fully saturated rings. The molecule has 0 radical (unpaired) electrons. The number of rotatable bonds is 2. The standard InChI is InChI=1S/C10H8ClN3O2/c1-6-4-8(11)7(5-12-6)10(15)13-9-2-3-16-14-9/h2-5H,1H3,(H,13,14,15). The summed E-state index contributed by atoms with van der Waals surface area (Å²) in [5.74, 6) is -0.0342. The third kappa shape index (κ3) is 2.20. The molecule has 0 aromatic carbocycles. The maximum atomic E-state index is 11.7. The van der Waals surface area contributed by atoms with Gasteiger partial charge in [-0.05, 0) is 13.0 Å². The van der Waals surface area contributed by atoms with Gasteiger partial charge < -0.3 is 9.84 Å². The minimum Gasteiger partial charge on any atom is -0.363 e. The predicted molar refractivity (Wildman–Crippen MR) is 58.4 cm³/mol. The van der Waals surface area contributed by atoms with E-state index in [0.717, 1.165) is 5.69 Å². The first-order chi connectivity index (χ1) is 7.66. The van der Waals surface area contributed by atoms with Crippen LogP contribution in [0.1, 0.15) is 16.1 Å². The molecule has 5 nitrogen and oxygen atoms in total. The molecule has 2 heterocycles. The van der Waals surface area contributed by atoms with Crippen molar-refractivity contribution in [3.8, 4) is 0 Å². The highest BCUT2D eigenvalue weighted by atomic mass is 35.5. The SMILES string of the molecule is Cc1cc(Cl)c(C(=O)Nc2ccon2)cn1. The minimum absolute atomic E-state index is 0.301. The van der Waals surface area contributed by atoms with Gasteiger partial charge in [0.15, 0.2) is 5.82 Å². The molecule has 0 aliphatic carbocycles. The lowest BCUT2D eigenvalue weighted by Gasteiger charge is -2.03. The summed E-state index contributed by atoms with van der Waals surface area (Å²) >= 11 is 5.92. The summed E-state index contributed by atoms with van der Waals surface area (Å²) in [7, 11) is 0. The van der Waals surface area contributed by atoms with Gasteiger partial charge in [0.2, 0.25) is 0 Å². The maximum Gasteiger partial charge on any atom is 0.259 e. The highest BCUT2D eigenvalue weighted by molar-refractivity contribution is 6.34. The van der Waals surface area contributed by atoms with Crippen LogP contribution in [0, 0.1) is 6.92 Å². The number of amides is 1. The summed E-state index contributed by atoms with van der Waals surface area (Å²) in [6.45, 7) is 1.80. The molecule has 2 aromatic heterocycles. The lowest BCUT2D eigenvalue weighted by atomic mass is 10.2. The first-order valence-corrected chi connectivity index (χ1v) is 4.88. The molecule has 0 saturated heterocycles. The van der Waals surface area contributed by atoms with Gasteiger partial charge in [0.1, 0.15) is 6.26 Å². The molecule has 0 aliphatic heterocycles. The fourth-order valence-corrected chi connectivity index (χ4v) is 1.45. The number of carbonyl (C=O) groups excluding carboxylic acids is 1. The fraction of sp³-hybridized carbons (Fsp3) is 0.100. The number of hydrogen-bond donors (Lipinski definition) is 1. The second-order valence-corrected chi connectivity index (χ2v) is 3.55. The Morgan fingerprint density at radius 2 is 2.38 bits per heavy atom. The summed E-state index contributed by atoms with van der Waals surface area (Å²) in [4.78, 5) is 15.7. The van der Waals surface area contributed by atoms with Crippen LogP contribution in [0.5, 0.6) is 0 Å². The number of anilines is 1. The Morgan fingerprint density at radius 1 is 1.56 bits per heavy atom. The quantitative estimate of drug-likeness (QED) is 0.870. The van der Waals surface area contributed by atoms with E-state index in [0.29, 0.717) is 16.4 Å². The van der Waals surface area contributed by atoms with Gasteiger partial charge in [0.05, 0.1) is 10.6 Å². The molecule has 2 rings (SSSR count). The second kappa shape index (κ2) is 4.32. The molecule has 0 atom stereocenters. The molecule has 0 aliphatic rings. The third-order valence-electron chi connectivity index (χ3n) is 1.91. The van der Waals surface area contributed by atoms with Crippen LogP contribution in [0.4, 0.5) is 5.82 Å². The van der Waals surface area contributed by atoms with Gasteiger partial charge in [-0.3, -0.25) is 9.78 Å². The maximum absolute atomic E-state index is 11.7. The summed E-state index contributed by atoms with van der Waals surface area (Å²) in [5, 5.41) is 6.44. The summed E-state index contributed by atoms with van der Waals surface area (Å²) < 4.78 is 4.59. The number of pyridine rings is 1. The van der Waals surface area contributed by atoms with Gasteiger partial charge in [-0.15, -0.1) is 0 Å². The molecule has 2 aromatic rings. The Balaban J connectivity index is 2.21. The first kappa shape index (κ1) is 10.6. The van der Waals surface area contributed by atoms with Crippen LogP contribution in [0.15, 0.2) is 29.1 Å². The Morgan fingerprint density at radius 3 is 3.00 bits per heavy atom. The number of halogens is 1. The molecular formula is C10H8ClN3O2. The van der Waals surface area contributed by atoms with Crippen LogP contribution in [-0.4, -0.2) is 16.0 Å². The second-order valence-electron chi connectivity index (χ2n) is 3.14. The Bertz CT molecular complexity index is 511. The van der Waals surface area contributed by atoms with Crippen molar-refractivity contribution in [1.82, 2.24) is 10.1 Å². The normalized spacial score (nSPS) is 10.1. The van der Waals surface area contributed by atoms with Crippen molar-refractivity contribution in [3.63, 3.8) is 0 Å². The Labute approximate surface area is 96.4 Å². The Kier molecular flexibility index (Phi) is 2.87. The molecular weight excluding hydrogens is 230 g/mol. The van der Waals surface area contributed by atoms with E-state index >= 15 is 0 Å². The molecule has 1 N–H and O–H groups in total. The zero-order valence-electron chi connectivity index (χ0n) is 8.40. The van der Waals surface area contributed by atoms with Gasteiger partial charge in [0, 0.05) is 18.0 Å². The van der Waals surface area contributed by atoms with E-state index in [1.165, 1.54) is 18.5 Å². The van der Waals surface area contributed by atoms with Crippen molar-refractivity contribution in [1.29, 1.82) is 0 Å². The monoisotopic (exact) mass is 237 g/mol. The van der Waals surface area contributed by atoms with Crippen molar-refractivity contribution >= 4 is 23.3 Å². The average Bonchev–Trinajstić information content (AvgIpc) is 2.70. The van der Waals surface area contributed by atoms with E-state index < -0.39 is 0 Å². The lowest BCUT2D eigenvalue weighted by Crippen LogP contribution is -2.13. The number of aryl methyl sites for hydroxylation is 1. The van der Waals surface area contributed by atoms with Crippen molar-refractivity contribution in [2.75, 3.05) is 5.32 Å². The first-order valence-electron chi connectivity index (χ1n) is 4.50. The molecule has 0 spiro atoms. The van der Waals surface area contributed by atoms with Crippen molar-refractivity contribution in [3.05, 3.63) is 40.9 Å². The fourth-order valence-electron chi connectivity index (χ4n) is 1.15. The topological polar surface area (TPSA) is 68.0 Å². The third-order valence-corrected chi connectivity index (χ3v) is 2.23. The molecule has 0 unspecified atom stereocenters. The smallest absolute Gasteiger partial charge is 0.259 e. The van der Waals surface area contributed by atoms with Crippen LogP contribution in [0.3, 0.4) is 0 Å². The molecule has 16 heavy (non-hydrogen) atoms. The van der Waals surface area contributed by atoms with Crippen molar-refractivity contribution in [2.24, 2.45) is 0 Å². The van der Waals surface area contributed by atoms with E-state index in [-0.39, 0.29) is 5.91 Å². The van der Waals surface area contributed by atoms with E-state index in [9.17, 15) is 4.79 Å². The van der Waals surface area contributed by atoms with Gasteiger partial charge in [-0.25, -0.2) is 0 Å². The van der Waals surface area contributed by atoms with Crippen LogP contribution < -0.4 is 5.32 Å². The van der Waals surface area contributed by atoms with E-state index in [1.807, 2.05) is 0 Å². The van der Waals surface area contributed by atoms with E-state index in [2.05, 4.69) is 20.0 Å². The highest BCUT2D eigenvalue weighted by Gasteiger charge is 2.12. The van der Waals surface area contributed by atoms with E-state index in [1.54, 1.807) is 13.0 Å². The summed E-state index contributed by atoms with van der Waals surface area (Å²) in [6, 6.07) is 3.16. The summed E-state index contributed by atoms with van der Waals surface area (Å²) in [6.07, 6.45) is 2.79. The molecule has 6 heteroatoms. The average molecular weight is 238 g/mol. The van der Waals surface area contributed by atoms with Gasteiger partial charge in [0.25, 0.3) is 5.91 Å². The van der Waals surface area contributed by atoms with Crippen LogP contribution in [0.25, 0.3) is 0 Å². The molecule has 0 saturated carbocycles. The van der Waals surface area contributed by atoms with Gasteiger partial charge in [-0.1, -0.05) is 16.8 Å². The number of hydrogen-bond acceptors (Lipinski definition) is 4. The van der Waals surface area contributed by atoms with E-state index in [4.69, 9.17) is 11.6 Å². The van der Waals surface area contributed by atoms with Crippen LogP contribution in [0.2, 0.25) is 5.02 Å². The van der Waals surface area contributed by atoms with Crippen LogP contribution >= 0.6 is 11.6 Å². The molecule has 0 bridgehead atoms. The zero-order valence-corrected chi connectivity index (χ0v) is 9.15. The largest absolute Gasteiger partial charge is 0.363 e. The summed E-state index contributed by atoms with van der Waals surface area (Å²) in [5.41, 5.74) is 1.05. The lowest BCUT2D eigenvalue weighted by molar-refractivity contribution is 0.102. The van der Waals surface area contributed by atoms with Crippen molar-refractivity contribution in [2.45, 2.75) is 6.92 Å². The number of aromatic nitrogens is 2. The van der Waals surface area contributed by atoms with Crippen molar-refractivity contribution < 1.29 is 9.32 Å². The molecule has 1 amide bonds. The van der Waals surface area contributed by atoms with Crippen LogP contribution in [-0.2, 0) is 0 Å². The number of carbonyl (C=O) groups is 1. The minimum atomic E-state index is -0.369. The highest BCUT2D eigenvalue weighted by Crippen LogP contribution is 2.16. The number of nitrogens with zero attached hydrogens (tertiary/aromatic N) is 2.